The number of rotatable bonds is 6. The summed E-state index contributed by atoms with van der Waals surface area (Å²) in [5.74, 6) is -1.27. The molecule has 2 aromatic rings. The van der Waals surface area contributed by atoms with E-state index in [0.717, 1.165) is 6.42 Å². The van der Waals surface area contributed by atoms with Gasteiger partial charge in [0.2, 0.25) is 11.8 Å². The zero-order chi connectivity index (χ0) is 20.1. The van der Waals surface area contributed by atoms with Crippen LogP contribution in [0.3, 0.4) is 0 Å². The first-order chi connectivity index (χ1) is 13.5. The lowest BCUT2D eigenvalue weighted by atomic mass is 10.2. The number of nitrogens with zero attached hydrogens (tertiary/aromatic N) is 2. The molecule has 2 aromatic carbocycles. The molecule has 1 fully saturated rings. The Balaban J connectivity index is 1.71. The Labute approximate surface area is 165 Å². The van der Waals surface area contributed by atoms with Crippen molar-refractivity contribution in [1.82, 2.24) is 4.90 Å². The number of amides is 2. The monoisotopic (exact) mass is 403 g/mol. The Hall–Kier alpha value is -2.74. The Morgan fingerprint density at radius 1 is 1.11 bits per heavy atom. The molecular weight excluding hydrogens is 384 g/mol. The van der Waals surface area contributed by atoms with Gasteiger partial charge in [-0.05, 0) is 55.0 Å². The lowest BCUT2D eigenvalue weighted by Crippen LogP contribution is -2.34. The minimum absolute atomic E-state index is 0.0243. The molecule has 3 rings (SSSR count). The standard InChI is InChI=1S/C20H19F2N3O2S/c1-2-11-25-19(27)17(12-18(26)23-15-7-3-13(21)4-8-15)28-20(25)24-16-9-5-14(22)6-10-16/h3-10,17H,2,11-12H2,1H3,(H,23,26)/t17-/m0/s1. The van der Waals surface area contributed by atoms with E-state index in [9.17, 15) is 18.4 Å². The summed E-state index contributed by atoms with van der Waals surface area (Å²) >= 11 is 1.22. The van der Waals surface area contributed by atoms with Crippen LogP contribution in [0.4, 0.5) is 20.2 Å². The molecule has 1 aliphatic heterocycles. The van der Waals surface area contributed by atoms with Crippen LogP contribution in [-0.4, -0.2) is 33.7 Å². The molecule has 1 atom stereocenters. The Morgan fingerprint density at radius 2 is 1.71 bits per heavy atom. The van der Waals surface area contributed by atoms with Gasteiger partial charge in [0, 0.05) is 18.7 Å². The number of benzene rings is 2. The Bertz CT molecular complexity index is 885. The number of carbonyl (C=O) groups excluding carboxylic acids is 2. The van der Waals surface area contributed by atoms with E-state index in [1.807, 2.05) is 6.92 Å². The zero-order valence-electron chi connectivity index (χ0n) is 15.2. The SMILES string of the molecule is CCCN1C(=O)[C@H](CC(=O)Nc2ccc(F)cc2)SC1=Nc1ccc(F)cc1. The second-order valence-electron chi connectivity index (χ2n) is 6.23. The van der Waals surface area contributed by atoms with Crippen molar-refractivity contribution < 1.29 is 18.4 Å². The molecule has 28 heavy (non-hydrogen) atoms. The summed E-state index contributed by atoms with van der Waals surface area (Å²) in [5, 5.41) is 2.57. The Morgan fingerprint density at radius 3 is 2.32 bits per heavy atom. The minimum atomic E-state index is -0.591. The van der Waals surface area contributed by atoms with E-state index in [1.54, 1.807) is 4.90 Å². The predicted octanol–water partition coefficient (Wildman–Crippen LogP) is 4.34. The molecule has 0 spiro atoms. The van der Waals surface area contributed by atoms with Gasteiger partial charge in [-0.2, -0.15) is 0 Å². The van der Waals surface area contributed by atoms with Crippen molar-refractivity contribution in [3.63, 3.8) is 0 Å². The van der Waals surface area contributed by atoms with Crippen LogP contribution in [0.2, 0.25) is 0 Å². The molecule has 146 valence electrons. The van der Waals surface area contributed by atoms with Gasteiger partial charge in [0.15, 0.2) is 5.17 Å². The molecule has 0 aromatic heterocycles. The molecule has 1 aliphatic rings. The number of hydrogen-bond donors (Lipinski definition) is 1. The third-order valence-corrected chi connectivity index (χ3v) is 5.19. The van der Waals surface area contributed by atoms with Gasteiger partial charge in [-0.15, -0.1) is 0 Å². The molecule has 2 amide bonds. The predicted molar refractivity (Wildman–Crippen MR) is 107 cm³/mol. The lowest BCUT2D eigenvalue weighted by molar-refractivity contribution is -0.128. The quantitative estimate of drug-likeness (QED) is 0.781. The molecular formula is C20H19F2N3O2S. The van der Waals surface area contributed by atoms with Crippen LogP contribution in [0.15, 0.2) is 53.5 Å². The fraction of sp³-hybridized carbons (Fsp3) is 0.250. The van der Waals surface area contributed by atoms with E-state index in [4.69, 9.17) is 0 Å². The van der Waals surface area contributed by atoms with Crippen LogP contribution in [0.5, 0.6) is 0 Å². The van der Waals surface area contributed by atoms with E-state index in [1.165, 1.54) is 60.3 Å². The average Bonchev–Trinajstić information content (AvgIpc) is 2.94. The number of amidine groups is 1. The third-order valence-electron chi connectivity index (χ3n) is 4.02. The summed E-state index contributed by atoms with van der Waals surface area (Å²) in [4.78, 5) is 31.0. The fourth-order valence-electron chi connectivity index (χ4n) is 2.69. The van der Waals surface area contributed by atoms with Crippen molar-refractivity contribution >= 4 is 40.1 Å². The minimum Gasteiger partial charge on any atom is -0.326 e. The van der Waals surface area contributed by atoms with Gasteiger partial charge >= 0.3 is 0 Å². The second-order valence-corrected chi connectivity index (χ2v) is 7.40. The van der Waals surface area contributed by atoms with Crippen molar-refractivity contribution in [3.05, 3.63) is 60.2 Å². The summed E-state index contributed by atoms with van der Waals surface area (Å²) < 4.78 is 26.0. The summed E-state index contributed by atoms with van der Waals surface area (Å²) in [6, 6.07) is 11.1. The second kappa shape index (κ2) is 8.97. The first-order valence-corrected chi connectivity index (χ1v) is 9.72. The smallest absolute Gasteiger partial charge is 0.242 e. The number of aliphatic imine (C=N–C) groups is 1. The average molecular weight is 403 g/mol. The maximum Gasteiger partial charge on any atom is 0.242 e. The molecule has 0 aliphatic carbocycles. The van der Waals surface area contributed by atoms with Gasteiger partial charge in [0.1, 0.15) is 16.9 Å². The summed E-state index contributed by atoms with van der Waals surface area (Å²) in [7, 11) is 0. The van der Waals surface area contributed by atoms with Crippen LogP contribution >= 0.6 is 11.8 Å². The highest BCUT2D eigenvalue weighted by atomic mass is 32.2. The summed E-state index contributed by atoms with van der Waals surface area (Å²) in [6.45, 7) is 2.43. The van der Waals surface area contributed by atoms with E-state index >= 15 is 0 Å². The van der Waals surface area contributed by atoms with Crippen molar-refractivity contribution in [3.8, 4) is 0 Å². The first-order valence-electron chi connectivity index (χ1n) is 8.84. The maximum absolute atomic E-state index is 13.1. The molecule has 8 heteroatoms. The number of anilines is 1. The van der Waals surface area contributed by atoms with Crippen molar-refractivity contribution in [2.45, 2.75) is 25.0 Å². The van der Waals surface area contributed by atoms with Crippen LogP contribution in [0.25, 0.3) is 0 Å². The molecule has 0 unspecified atom stereocenters. The van der Waals surface area contributed by atoms with Crippen molar-refractivity contribution in [1.29, 1.82) is 0 Å². The lowest BCUT2D eigenvalue weighted by Gasteiger charge is -2.15. The summed E-state index contributed by atoms with van der Waals surface area (Å²) in [5.41, 5.74) is 1.00. The highest BCUT2D eigenvalue weighted by Gasteiger charge is 2.38. The first kappa shape index (κ1) is 20.0. The molecule has 1 saturated heterocycles. The van der Waals surface area contributed by atoms with Crippen LogP contribution in [0.1, 0.15) is 19.8 Å². The Kier molecular flexibility index (Phi) is 6.41. The highest BCUT2D eigenvalue weighted by molar-refractivity contribution is 8.15. The topological polar surface area (TPSA) is 61.8 Å². The van der Waals surface area contributed by atoms with Gasteiger partial charge in [-0.3, -0.25) is 14.5 Å². The van der Waals surface area contributed by atoms with Crippen molar-refractivity contribution in [2.75, 3.05) is 11.9 Å². The third kappa shape index (κ3) is 4.95. The van der Waals surface area contributed by atoms with E-state index in [0.29, 0.717) is 23.1 Å². The van der Waals surface area contributed by atoms with Gasteiger partial charge in [-0.1, -0.05) is 18.7 Å². The van der Waals surface area contributed by atoms with Crippen LogP contribution < -0.4 is 5.32 Å². The number of halogens is 2. The van der Waals surface area contributed by atoms with Gasteiger partial charge in [0.25, 0.3) is 0 Å². The molecule has 1 heterocycles. The summed E-state index contributed by atoms with van der Waals surface area (Å²) in [6.07, 6.45) is 0.715. The highest BCUT2D eigenvalue weighted by Crippen LogP contribution is 2.32. The largest absolute Gasteiger partial charge is 0.326 e. The molecule has 1 N–H and O–H groups in total. The number of nitrogens with one attached hydrogen (secondary N) is 1. The fourth-order valence-corrected chi connectivity index (χ4v) is 3.88. The number of thioether (sulfide) groups is 1. The van der Waals surface area contributed by atoms with Crippen LogP contribution in [0, 0.1) is 11.6 Å². The molecule has 5 nitrogen and oxygen atoms in total. The molecule has 0 saturated carbocycles. The number of hydrogen-bond acceptors (Lipinski definition) is 4. The normalized spacial score (nSPS) is 18.0. The zero-order valence-corrected chi connectivity index (χ0v) is 16.0. The van der Waals surface area contributed by atoms with Gasteiger partial charge in [0.05, 0.1) is 5.69 Å². The van der Waals surface area contributed by atoms with Gasteiger partial charge in [-0.25, -0.2) is 13.8 Å². The molecule has 0 bridgehead atoms. The molecule has 0 radical (unpaired) electrons. The maximum atomic E-state index is 13.1. The van der Waals surface area contributed by atoms with Crippen molar-refractivity contribution in [2.24, 2.45) is 4.99 Å². The van der Waals surface area contributed by atoms with E-state index in [-0.39, 0.29) is 24.1 Å². The number of carbonyl (C=O) groups is 2. The van der Waals surface area contributed by atoms with E-state index in [2.05, 4.69) is 10.3 Å². The van der Waals surface area contributed by atoms with Gasteiger partial charge < -0.3 is 5.32 Å². The van der Waals surface area contributed by atoms with E-state index < -0.39 is 11.1 Å². The van der Waals surface area contributed by atoms with Crippen LogP contribution in [-0.2, 0) is 9.59 Å².